The molecule has 0 amide bonds. The van der Waals surface area contributed by atoms with E-state index in [1.54, 1.807) is 0 Å². The van der Waals surface area contributed by atoms with Crippen LogP contribution in [0.25, 0.3) is 21.3 Å². The molecule has 0 fully saturated rings. The van der Waals surface area contributed by atoms with Crippen molar-refractivity contribution >= 4 is 21.4 Å². The zero-order valence-corrected chi connectivity index (χ0v) is 15.1. The number of benzene rings is 1. The Hall–Kier alpha value is -1.67. The third-order valence-corrected chi connectivity index (χ3v) is 5.47. The number of aromatic nitrogens is 1. The van der Waals surface area contributed by atoms with Gasteiger partial charge in [0.25, 0.3) is 0 Å². The molecule has 0 spiro atoms. The van der Waals surface area contributed by atoms with Gasteiger partial charge in [-0.3, -0.25) is 0 Å². The maximum Gasteiger partial charge on any atom is 0.230 e. The van der Waals surface area contributed by atoms with Crippen LogP contribution in [0.2, 0.25) is 0 Å². The van der Waals surface area contributed by atoms with Crippen molar-refractivity contribution in [1.29, 1.82) is 0 Å². The Morgan fingerprint density at radius 1 is 1.05 bits per heavy atom. The Balaban J connectivity index is 2.38. The Morgan fingerprint density at radius 3 is 2.45 bits per heavy atom. The van der Waals surface area contributed by atoms with E-state index in [1.807, 2.05) is 11.3 Å². The predicted molar refractivity (Wildman–Crippen MR) is 96.6 cm³/mol. The average Bonchev–Trinajstić information content (AvgIpc) is 2.89. The molecule has 1 aromatic carbocycles. The summed E-state index contributed by atoms with van der Waals surface area (Å²) in [7, 11) is 2.15. The summed E-state index contributed by atoms with van der Waals surface area (Å²) in [5.74, 6) is 0. The van der Waals surface area contributed by atoms with Crippen molar-refractivity contribution < 1.29 is 4.57 Å². The van der Waals surface area contributed by atoms with Crippen molar-refractivity contribution in [2.45, 2.75) is 40.0 Å². The summed E-state index contributed by atoms with van der Waals surface area (Å²) in [6.45, 7) is 11.3. The van der Waals surface area contributed by atoms with Crippen molar-refractivity contribution in [2.75, 3.05) is 0 Å². The Morgan fingerprint density at radius 2 is 1.77 bits per heavy atom. The van der Waals surface area contributed by atoms with Crippen molar-refractivity contribution in [2.24, 2.45) is 7.05 Å². The predicted octanol–water partition coefficient (Wildman–Crippen LogP) is 5.31. The summed E-state index contributed by atoms with van der Waals surface area (Å²) >= 11 is 1.83. The summed E-state index contributed by atoms with van der Waals surface area (Å²) in [6.07, 6.45) is 2.17. The zero-order chi connectivity index (χ0) is 16.1. The van der Waals surface area contributed by atoms with Gasteiger partial charge in [0.1, 0.15) is 11.7 Å². The van der Waals surface area contributed by atoms with Crippen molar-refractivity contribution in [3.8, 4) is 11.3 Å². The van der Waals surface area contributed by atoms with E-state index in [9.17, 15) is 0 Å². The van der Waals surface area contributed by atoms with Crippen LogP contribution in [0.15, 0.2) is 35.8 Å². The van der Waals surface area contributed by atoms with E-state index in [0.29, 0.717) is 0 Å². The molecule has 0 saturated heterocycles. The minimum atomic E-state index is 0.162. The largest absolute Gasteiger partial charge is 0.230 e. The van der Waals surface area contributed by atoms with Gasteiger partial charge in [-0.1, -0.05) is 26.8 Å². The second-order valence-corrected chi connectivity index (χ2v) is 8.11. The molecule has 3 rings (SSSR count). The van der Waals surface area contributed by atoms with Crippen molar-refractivity contribution in [1.82, 2.24) is 0 Å². The van der Waals surface area contributed by atoms with Gasteiger partial charge in [0.15, 0.2) is 6.20 Å². The summed E-state index contributed by atoms with van der Waals surface area (Å²) in [4.78, 5) is 0. The number of aryl methyl sites for hydroxylation is 2. The molecular weight excluding hydrogens is 286 g/mol. The lowest BCUT2D eigenvalue weighted by Crippen LogP contribution is -2.30. The molecule has 0 aliphatic rings. The van der Waals surface area contributed by atoms with Crippen LogP contribution in [0.4, 0.5) is 0 Å². The van der Waals surface area contributed by atoms with E-state index in [0.717, 1.165) is 0 Å². The van der Waals surface area contributed by atoms with Crippen molar-refractivity contribution in [3.63, 3.8) is 0 Å². The number of hydrogen-bond acceptors (Lipinski definition) is 1. The van der Waals surface area contributed by atoms with E-state index in [2.05, 4.69) is 82.1 Å². The Kier molecular flexibility index (Phi) is 3.60. The molecule has 22 heavy (non-hydrogen) atoms. The molecule has 1 nitrogen and oxygen atoms in total. The highest BCUT2D eigenvalue weighted by atomic mass is 32.1. The topological polar surface area (TPSA) is 3.88 Å². The first-order valence-electron chi connectivity index (χ1n) is 7.77. The second-order valence-electron chi connectivity index (χ2n) is 7.20. The van der Waals surface area contributed by atoms with E-state index < -0.39 is 0 Å². The highest BCUT2D eigenvalue weighted by Crippen LogP contribution is 2.35. The lowest BCUT2D eigenvalue weighted by molar-refractivity contribution is -0.659. The van der Waals surface area contributed by atoms with Gasteiger partial charge in [0.05, 0.1) is 5.56 Å². The summed E-state index contributed by atoms with van der Waals surface area (Å²) in [5.41, 5.74) is 7.01. The summed E-state index contributed by atoms with van der Waals surface area (Å²) in [6, 6.07) is 9.13. The van der Waals surface area contributed by atoms with Gasteiger partial charge < -0.3 is 0 Å². The van der Waals surface area contributed by atoms with Crippen LogP contribution in [0.5, 0.6) is 0 Å². The van der Waals surface area contributed by atoms with Crippen LogP contribution >= 0.6 is 11.3 Å². The third-order valence-electron chi connectivity index (χ3n) is 4.53. The Labute approximate surface area is 137 Å². The fraction of sp³-hybridized carbons (Fsp3) is 0.350. The van der Waals surface area contributed by atoms with E-state index >= 15 is 0 Å². The first-order valence-corrected chi connectivity index (χ1v) is 8.65. The molecule has 2 aromatic heterocycles. The lowest BCUT2D eigenvalue weighted by Gasteiger charge is -2.22. The van der Waals surface area contributed by atoms with E-state index in [1.165, 1.54) is 38.0 Å². The van der Waals surface area contributed by atoms with E-state index in [-0.39, 0.29) is 5.41 Å². The Bertz CT molecular complexity index is 850. The molecular formula is C20H24NS+. The third kappa shape index (κ3) is 2.46. The summed E-state index contributed by atoms with van der Waals surface area (Å²) < 4.78 is 3.63. The molecule has 114 valence electrons. The SMILES string of the molecule is Cc1cc(C(C)(C)C)cc(-c2c3sccc3cc[n+]2C)c1C. The van der Waals surface area contributed by atoms with Crippen LogP contribution < -0.4 is 4.57 Å². The lowest BCUT2D eigenvalue weighted by atomic mass is 9.83. The quantitative estimate of drug-likeness (QED) is 0.536. The molecule has 3 aromatic rings. The standard InChI is InChI=1S/C20H24NS/c1-13-11-16(20(3,4)5)12-17(14(13)2)18-19-15(8-10-22-19)7-9-21(18)6/h7-12H,1-6H3/q+1. The highest BCUT2D eigenvalue weighted by Gasteiger charge is 2.22. The molecule has 0 unspecified atom stereocenters. The van der Waals surface area contributed by atoms with Crippen LogP contribution in [0.1, 0.15) is 37.5 Å². The molecule has 0 atom stereocenters. The number of hydrogen-bond donors (Lipinski definition) is 0. The average molecular weight is 310 g/mol. The number of fused-ring (bicyclic) bond motifs is 1. The van der Waals surface area contributed by atoms with Gasteiger partial charge in [0, 0.05) is 11.5 Å². The van der Waals surface area contributed by atoms with Gasteiger partial charge in [-0.25, -0.2) is 0 Å². The number of nitrogens with zero attached hydrogens (tertiary/aromatic N) is 1. The number of pyridine rings is 1. The maximum absolute atomic E-state index is 2.39. The van der Waals surface area contributed by atoms with Gasteiger partial charge >= 0.3 is 0 Å². The van der Waals surface area contributed by atoms with Crippen LogP contribution in [-0.2, 0) is 12.5 Å². The molecule has 0 radical (unpaired) electrons. The molecule has 0 bridgehead atoms. The first-order chi connectivity index (χ1) is 10.3. The molecule has 0 aliphatic carbocycles. The zero-order valence-electron chi connectivity index (χ0n) is 14.3. The second kappa shape index (κ2) is 5.20. The normalized spacial score (nSPS) is 12.1. The van der Waals surface area contributed by atoms with Gasteiger partial charge in [-0.15, -0.1) is 11.3 Å². The van der Waals surface area contributed by atoms with Gasteiger partial charge in [-0.2, -0.15) is 4.57 Å². The molecule has 0 N–H and O–H groups in total. The summed E-state index contributed by atoms with van der Waals surface area (Å²) in [5, 5.41) is 3.51. The van der Waals surface area contributed by atoms with Crippen LogP contribution in [0.3, 0.4) is 0 Å². The van der Waals surface area contributed by atoms with Crippen LogP contribution in [-0.4, -0.2) is 0 Å². The maximum atomic E-state index is 2.39. The monoisotopic (exact) mass is 310 g/mol. The number of rotatable bonds is 1. The fourth-order valence-corrected chi connectivity index (χ4v) is 3.91. The van der Waals surface area contributed by atoms with Gasteiger partial charge in [-0.05, 0) is 53.5 Å². The van der Waals surface area contributed by atoms with Crippen molar-refractivity contribution in [3.05, 3.63) is 52.5 Å². The minimum Gasteiger partial charge on any atom is -0.200 e. The van der Waals surface area contributed by atoms with Crippen LogP contribution in [0, 0.1) is 13.8 Å². The molecule has 2 heterocycles. The highest BCUT2D eigenvalue weighted by molar-refractivity contribution is 7.17. The van der Waals surface area contributed by atoms with Gasteiger partial charge in [0.2, 0.25) is 5.69 Å². The van der Waals surface area contributed by atoms with E-state index in [4.69, 9.17) is 0 Å². The number of thiophene rings is 1. The molecule has 0 aliphatic heterocycles. The first kappa shape index (κ1) is 15.2. The molecule has 2 heteroatoms. The smallest absolute Gasteiger partial charge is 0.200 e. The fourth-order valence-electron chi connectivity index (χ4n) is 2.92. The minimum absolute atomic E-state index is 0.162. The molecule has 0 saturated carbocycles.